The van der Waals surface area contributed by atoms with Gasteiger partial charge in [-0.25, -0.2) is 0 Å². The SMILES string of the molecule is CCCCCC1CCc2occc2C1=O. The van der Waals surface area contributed by atoms with E-state index >= 15 is 0 Å². The molecule has 0 N–H and O–H groups in total. The summed E-state index contributed by atoms with van der Waals surface area (Å²) in [5.41, 5.74) is 0.836. The third-order valence-electron chi connectivity index (χ3n) is 3.26. The number of carbonyl (C=O) groups is 1. The Balaban J connectivity index is 1.97. The van der Waals surface area contributed by atoms with Crippen molar-refractivity contribution < 1.29 is 9.21 Å². The molecule has 2 heteroatoms. The number of carbonyl (C=O) groups excluding carboxylic acids is 1. The first-order valence-corrected chi connectivity index (χ1v) is 5.93. The van der Waals surface area contributed by atoms with Crippen molar-refractivity contribution in [1.82, 2.24) is 0 Å². The smallest absolute Gasteiger partial charge is 0.169 e. The van der Waals surface area contributed by atoms with Gasteiger partial charge in [-0.3, -0.25) is 4.79 Å². The zero-order valence-electron chi connectivity index (χ0n) is 9.29. The zero-order chi connectivity index (χ0) is 10.7. The van der Waals surface area contributed by atoms with Gasteiger partial charge in [0.2, 0.25) is 0 Å². The standard InChI is InChI=1S/C13H18O2/c1-2-3-4-5-10-6-7-12-11(13(10)14)8-9-15-12/h8-10H,2-7H2,1H3. The van der Waals surface area contributed by atoms with Crippen molar-refractivity contribution in [2.45, 2.75) is 45.4 Å². The van der Waals surface area contributed by atoms with Gasteiger partial charge in [0.05, 0.1) is 11.8 Å². The molecule has 2 rings (SSSR count). The molecule has 1 aliphatic rings. The number of ketones is 1. The average Bonchev–Trinajstić information content (AvgIpc) is 2.70. The molecule has 0 saturated heterocycles. The van der Waals surface area contributed by atoms with Gasteiger partial charge < -0.3 is 4.42 Å². The molecular weight excluding hydrogens is 188 g/mol. The molecular formula is C13H18O2. The summed E-state index contributed by atoms with van der Waals surface area (Å²) in [6.45, 7) is 2.19. The lowest BCUT2D eigenvalue weighted by Gasteiger charge is -2.19. The summed E-state index contributed by atoms with van der Waals surface area (Å²) in [5.74, 6) is 1.45. The molecule has 0 spiro atoms. The zero-order valence-corrected chi connectivity index (χ0v) is 9.29. The summed E-state index contributed by atoms with van der Waals surface area (Å²) in [4.78, 5) is 12.0. The van der Waals surface area contributed by atoms with Gasteiger partial charge in [-0.2, -0.15) is 0 Å². The lowest BCUT2D eigenvalue weighted by atomic mass is 9.83. The molecule has 1 aromatic rings. The van der Waals surface area contributed by atoms with Gasteiger partial charge in [0, 0.05) is 12.3 Å². The van der Waals surface area contributed by atoms with E-state index in [9.17, 15) is 4.79 Å². The molecule has 15 heavy (non-hydrogen) atoms. The van der Waals surface area contributed by atoms with Crippen LogP contribution in [0.4, 0.5) is 0 Å². The summed E-state index contributed by atoms with van der Waals surface area (Å²) < 4.78 is 5.28. The van der Waals surface area contributed by atoms with Gasteiger partial charge in [-0.15, -0.1) is 0 Å². The van der Waals surface area contributed by atoms with Crippen molar-refractivity contribution in [3.63, 3.8) is 0 Å². The molecule has 2 nitrogen and oxygen atoms in total. The second kappa shape index (κ2) is 4.65. The van der Waals surface area contributed by atoms with Crippen molar-refractivity contribution in [1.29, 1.82) is 0 Å². The molecule has 0 radical (unpaired) electrons. The number of fused-ring (bicyclic) bond motifs is 1. The Kier molecular flexibility index (Phi) is 3.24. The van der Waals surface area contributed by atoms with Gasteiger partial charge >= 0.3 is 0 Å². The normalized spacial score (nSPS) is 20.3. The first-order valence-electron chi connectivity index (χ1n) is 5.93. The molecule has 0 bridgehead atoms. The van der Waals surface area contributed by atoms with E-state index in [-0.39, 0.29) is 5.92 Å². The Hall–Kier alpha value is -1.05. The van der Waals surface area contributed by atoms with E-state index in [1.165, 1.54) is 19.3 Å². The first-order chi connectivity index (χ1) is 7.33. The van der Waals surface area contributed by atoms with Crippen molar-refractivity contribution in [2.24, 2.45) is 5.92 Å². The van der Waals surface area contributed by atoms with Gasteiger partial charge in [-0.1, -0.05) is 26.2 Å². The number of aryl methyl sites for hydroxylation is 1. The van der Waals surface area contributed by atoms with E-state index in [2.05, 4.69) is 6.92 Å². The highest BCUT2D eigenvalue weighted by Crippen LogP contribution is 2.29. The van der Waals surface area contributed by atoms with E-state index in [0.29, 0.717) is 5.78 Å². The fourth-order valence-corrected chi connectivity index (χ4v) is 2.33. The monoisotopic (exact) mass is 206 g/mol. The third kappa shape index (κ3) is 2.14. The van der Waals surface area contributed by atoms with E-state index < -0.39 is 0 Å². The van der Waals surface area contributed by atoms with Crippen LogP contribution in [0.25, 0.3) is 0 Å². The third-order valence-corrected chi connectivity index (χ3v) is 3.26. The Morgan fingerprint density at radius 1 is 1.47 bits per heavy atom. The minimum absolute atomic E-state index is 0.252. The maximum atomic E-state index is 12.0. The van der Waals surface area contributed by atoms with Crippen molar-refractivity contribution in [2.75, 3.05) is 0 Å². The number of furan rings is 1. The van der Waals surface area contributed by atoms with E-state index in [0.717, 1.165) is 30.6 Å². The number of Topliss-reactive ketones (excluding diaryl/α,β-unsaturated/α-hetero) is 1. The van der Waals surface area contributed by atoms with Crippen LogP contribution in [-0.2, 0) is 6.42 Å². The number of unbranched alkanes of at least 4 members (excludes halogenated alkanes) is 2. The van der Waals surface area contributed by atoms with Crippen LogP contribution < -0.4 is 0 Å². The molecule has 1 aliphatic carbocycles. The Morgan fingerprint density at radius 2 is 2.33 bits per heavy atom. The molecule has 0 aliphatic heterocycles. The maximum absolute atomic E-state index is 12.0. The van der Waals surface area contributed by atoms with Crippen LogP contribution in [0.2, 0.25) is 0 Å². The Morgan fingerprint density at radius 3 is 3.13 bits per heavy atom. The summed E-state index contributed by atoms with van der Waals surface area (Å²) in [5, 5.41) is 0. The summed E-state index contributed by atoms with van der Waals surface area (Å²) in [6, 6.07) is 1.82. The van der Waals surface area contributed by atoms with Crippen LogP contribution >= 0.6 is 0 Å². The minimum atomic E-state index is 0.252. The van der Waals surface area contributed by atoms with Crippen molar-refractivity contribution >= 4 is 5.78 Å². The van der Waals surface area contributed by atoms with Crippen LogP contribution in [0.5, 0.6) is 0 Å². The largest absolute Gasteiger partial charge is 0.469 e. The summed E-state index contributed by atoms with van der Waals surface area (Å²) >= 11 is 0. The minimum Gasteiger partial charge on any atom is -0.469 e. The second-order valence-electron chi connectivity index (χ2n) is 4.35. The lowest BCUT2D eigenvalue weighted by Crippen LogP contribution is -2.21. The van der Waals surface area contributed by atoms with E-state index in [1.54, 1.807) is 6.26 Å². The molecule has 1 heterocycles. The van der Waals surface area contributed by atoms with Crippen LogP contribution in [0.15, 0.2) is 16.7 Å². The Bertz CT molecular complexity index is 338. The lowest BCUT2D eigenvalue weighted by molar-refractivity contribution is 0.0888. The Labute approximate surface area is 90.7 Å². The highest BCUT2D eigenvalue weighted by molar-refractivity contribution is 5.99. The fraction of sp³-hybridized carbons (Fsp3) is 0.615. The molecule has 0 aromatic carbocycles. The predicted octanol–water partition coefficient (Wildman–Crippen LogP) is 3.61. The molecule has 0 fully saturated rings. The average molecular weight is 206 g/mol. The van der Waals surface area contributed by atoms with Gasteiger partial charge in [0.15, 0.2) is 5.78 Å². The summed E-state index contributed by atoms with van der Waals surface area (Å²) in [6.07, 6.45) is 8.24. The van der Waals surface area contributed by atoms with Crippen LogP contribution in [-0.4, -0.2) is 5.78 Å². The van der Waals surface area contributed by atoms with Crippen LogP contribution in [0, 0.1) is 5.92 Å². The van der Waals surface area contributed by atoms with Gasteiger partial charge in [0.25, 0.3) is 0 Å². The van der Waals surface area contributed by atoms with Crippen LogP contribution in [0.3, 0.4) is 0 Å². The topological polar surface area (TPSA) is 30.2 Å². The van der Waals surface area contributed by atoms with E-state index in [1.807, 2.05) is 6.07 Å². The molecule has 1 atom stereocenters. The molecule has 1 aromatic heterocycles. The fourth-order valence-electron chi connectivity index (χ4n) is 2.33. The quantitative estimate of drug-likeness (QED) is 0.704. The molecule has 82 valence electrons. The molecule has 0 saturated carbocycles. The van der Waals surface area contributed by atoms with Crippen molar-refractivity contribution in [3.8, 4) is 0 Å². The first kappa shape index (κ1) is 10.5. The van der Waals surface area contributed by atoms with Crippen molar-refractivity contribution in [3.05, 3.63) is 23.7 Å². The second-order valence-corrected chi connectivity index (χ2v) is 4.35. The van der Waals surface area contributed by atoms with E-state index in [4.69, 9.17) is 4.42 Å². The number of rotatable bonds is 4. The number of hydrogen-bond acceptors (Lipinski definition) is 2. The van der Waals surface area contributed by atoms with Gasteiger partial charge in [-0.05, 0) is 18.9 Å². The highest BCUT2D eigenvalue weighted by atomic mass is 16.3. The predicted molar refractivity (Wildman–Crippen MR) is 59.0 cm³/mol. The molecule has 0 amide bonds. The van der Waals surface area contributed by atoms with Gasteiger partial charge in [0.1, 0.15) is 5.76 Å². The summed E-state index contributed by atoms with van der Waals surface area (Å²) in [7, 11) is 0. The highest BCUT2D eigenvalue weighted by Gasteiger charge is 2.28. The molecule has 1 unspecified atom stereocenters. The number of hydrogen-bond donors (Lipinski definition) is 0. The maximum Gasteiger partial charge on any atom is 0.169 e. The van der Waals surface area contributed by atoms with Crippen LogP contribution in [0.1, 0.15) is 55.1 Å².